The Kier molecular flexibility index (Phi) is 2.56. The fourth-order valence-corrected chi connectivity index (χ4v) is 2.19. The van der Waals surface area contributed by atoms with Gasteiger partial charge >= 0.3 is 5.97 Å². The summed E-state index contributed by atoms with van der Waals surface area (Å²) in [6.07, 6.45) is 0. The monoisotopic (exact) mass is 252 g/mol. The number of carboxylic acids is 1. The lowest BCUT2D eigenvalue weighted by Crippen LogP contribution is -1.99. The van der Waals surface area contributed by atoms with Crippen LogP contribution in [0.4, 0.5) is 0 Å². The van der Waals surface area contributed by atoms with E-state index in [9.17, 15) is 9.90 Å². The molecule has 0 bridgehead atoms. The van der Waals surface area contributed by atoms with Gasteiger partial charge in [-0.15, -0.1) is 0 Å². The number of nitrogens with one attached hydrogen (secondary N) is 1. The molecule has 0 fully saturated rings. The molecule has 0 aliphatic carbocycles. The number of hydrogen-bond acceptors (Lipinski definition) is 2. The summed E-state index contributed by atoms with van der Waals surface area (Å²) in [7, 11) is 0. The van der Waals surface area contributed by atoms with Crippen LogP contribution in [0.5, 0.6) is 0 Å². The molecule has 0 radical (unpaired) electrons. The van der Waals surface area contributed by atoms with E-state index in [2.05, 4.69) is 9.97 Å². The van der Waals surface area contributed by atoms with Gasteiger partial charge in [0.2, 0.25) is 0 Å². The summed E-state index contributed by atoms with van der Waals surface area (Å²) in [4.78, 5) is 18.3. The molecule has 4 heteroatoms. The normalized spacial score (nSPS) is 10.8. The molecule has 2 N–H and O–H groups in total. The van der Waals surface area contributed by atoms with Crippen LogP contribution >= 0.6 is 0 Å². The van der Waals surface area contributed by atoms with Gasteiger partial charge in [-0.25, -0.2) is 9.78 Å². The van der Waals surface area contributed by atoms with E-state index in [1.54, 1.807) is 6.92 Å². The number of aromatic carboxylic acids is 1. The molecule has 0 aliphatic heterocycles. The van der Waals surface area contributed by atoms with E-state index in [0.717, 1.165) is 16.3 Å². The largest absolute Gasteiger partial charge is 0.477 e. The van der Waals surface area contributed by atoms with Gasteiger partial charge in [0, 0.05) is 5.56 Å². The Balaban J connectivity index is 2.21. The highest BCUT2D eigenvalue weighted by molar-refractivity contribution is 5.95. The molecule has 2 aromatic carbocycles. The van der Waals surface area contributed by atoms with Gasteiger partial charge in [-0.1, -0.05) is 36.4 Å². The maximum absolute atomic E-state index is 11.2. The number of fused-ring (bicyclic) bond motifs is 1. The second-order valence-corrected chi connectivity index (χ2v) is 4.41. The Bertz CT molecular complexity index is 775. The number of imidazole rings is 1. The average Bonchev–Trinajstić information content (AvgIpc) is 2.80. The first-order chi connectivity index (χ1) is 9.15. The molecule has 0 saturated carbocycles. The number of benzene rings is 2. The van der Waals surface area contributed by atoms with Crippen LogP contribution < -0.4 is 0 Å². The summed E-state index contributed by atoms with van der Waals surface area (Å²) in [5, 5.41) is 11.4. The lowest BCUT2D eigenvalue weighted by molar-refractivity contribution is 0.0692. The first kappa shape index (κ1) is 11.5. The summed E-state index contributed by atoms with van der Waals surface area (Å²) < 4.78 is 0. The average molecular weight is 252 g/mol. The predicted molar refractivity (Wildman–Crippen MR) is 73.2 cm³/mol. The number of aromatic nitrogens is 2. The molecule has 1 heterocycles. The Morgan fingerprint density at radius 2 is 1.89 bits per heavy atom. The zero-order chi connectivity index (χ0) is 13.4. The van der Waals surface area contributed by atoms with Crippen molar-refractivity contribution in [2.45, 2.75) is 6.92 Å². The number of hydrogen-bond donors (Lipinski definition) is 2. The van der Waals surface area contributed by atoms with Gasteiger partial charge in [0.15, 0.2) is 5.69 Å². The molecule has 0 spiro atoms. The molecule has 4 nitrogen and oxygen atoms in total. The Morgan fingerprint density at radius 3 is 2.63 bits per heavy atom. The van der Waals surface area contributed by atoms with Crippen molar-refractivity contribution >= 4 is 16.7 Å². The first-order valence-electron chi connectivity index (χ1n) is 5.94. The molecule has 1 aromatic heterocycles. The minimum Gasteiger partial charge on any atom is -0.477 e. The van der Waals surface area contributed by atoms with E-state index in [1.807, 2.05) is 42.5 Å². The number of aromatic amines is 1. The van der Waals surface area contributed by atoms with Crippen molar-refractivity contribution in [2.24, 2.45) is 0 Å². The number of carbonyl (C=O) groups is 1. The van der Waals surface area contributed by atoms with E-state index in [1.165, 1.54) is 0 Å². The van der Waals surface area contributed by atoms with Crippen molar-refractivity contribution in [1.82, 2.24) is 9.97 Å². The third kappa shape index (κ3) is 1.97. The SMILES string of the molecule is Cc1nc(-c2ccc3ccccc3c2)c(C(=O)O)[nH]1. The van der Waals surface area contributed by atoms with Crippen molar-refractivity contribution in [2.75, 3.05) is 0 Å². The van der Waals surface area contributed by atoms with Crippen LogP contribution in [0.25, 0.3) is 22.0 Å². The Hall–Kier alpha value is -2.62. The number of aryl methyl sites for hydroxylation is 1. The molecule has 3 aromatic rings. The van der Waals surface area contributed by atoms with Gasteiger partial charge < -0.3 is 10.1 Å². The summed E-state index contributed by atoms with van der Waals surface area (Å²) in [5.41, 5.74) is 1.42. The maximum atomic E-state index is 11.2. The molecule has 94 valence electrons. The highest BCUT2D eigenvalue weighted by Gasteiger charge is 2.16. The zero-order valence-electron chi connectivity index (χ0n) is 10.3. The molecule has 19 heavy (non-hydrogen) atoms. The second kappa shape index (κ2) is 4.24. The molecule has 0 aliphatic rings. The predicted octanol–water partition coefficient (Wildman–Crippen LogP) is 3.24. The molecular weight excluding hydrogens is 240 g/mol. The third-order valence-corrected chi connectivity index (χ3v) is 3.06. The third-order valence-electron chi connectivity index (χ3n) is 3.06. The van der Waals surface area contributed by atoms with Crippen molar-refractivity contribution in [3.05, 3.63) is 54.0 Å². The van der Waals surface area contributed by atoms with Crippen LogP contribution in [0.2, 0.25) is 0 Å². The van der Waals surface area contributed by atoms with Crippen LogP contribution in [-0.4, -0.2) is 21.0 Å². The van der Waals surface area contributed by atoms with Gasteiger partial charge in [0.1, 0.15) is 11.5 Å². The van der Waals surface area contributed by atoms with Gasteiger partial charge in [-0.05, 0) is 23.8 Å². The smallest absolute Gasteiger partial charge is 0.354 e. The molecular formula is C15H12N2O2. The quantitative estimate of drug-likeness (QED) is 0.735. The minimum absolute atomic E-state index is 0.132. The highest BCUT2D eigenvalue weighted by Crippen LogP contribution is 2.25. The van der Waals surface area contributed by atoms with Crippen LogP contribution in [-0.2, 0) is 0 Å². The van der Waals surface area contributed by atoms with Crippen LogP contribution in [0.15, 0.2) is 42.5 Å². The van der Waals surface area contributed by atoms with Crippen molar-refractivity contribution in [3.8, 4) is 11.3 Å². The fraction of sp³-hybridized carbons (Fsp3) is 0.0667. The van der Waals surface area contributed by atoms with Crippen molar-refractivity contribution in [3.63, 3.8) is 0 Å². The minimum atomic E-state index is -0.997. The van der Waals surface area contributed by atoms with Crippen LogP contribution in [0, 0.1) is 6.92 Å². The summed E-state index contributed by atoms with van der Waals surface area (Å²) in [5.74, 6) is -0.399. The van der Waals surface area contributed by atoms with E-state index in [4.69, 9.17) is 0 Å². The van der Waals surface area contributed by atoms with E-state index < -0.39 is 5.97 Å². The highest BCUT2D eigenvalue weighted by atomic mass is 16.4. The summed E-state index contributed by atoms with van der Waals surface area (Å²) in [6.45, 7) is 1.75. The Labute approximate surface area is 109 Å². The summed E-state index contributed by atoms with van der Waals surface area (Å²) >= 11 is 0. The van der Waals surface area contributed by atoms with Crippen molar-refractivity contribution in [1.29, 1.82) is 0 Å². The van der Waals surface area contributed by atoms with Gasteiger partial charge in [0.05, 0.1) is 0 Å². The molecule has 0 atom stereocenters. The van der Waals surface area contributed by atoms with Crippen LogP contribution in [0.1, 0.15) is 16.3 Å². The fourth-order valence-electron chi connectivity index (χ4n) is 2.19. The lowest BCUT2D eigenvalue weighted by atomic mass is 10.0. The van der Waals surface area contributed by atoms with Gasteiger partial charge in [-0.2, -0.15) is 0 Å². The topological polar surface area (TPSA) is 66.0 Å². The molecule has 0 unspecified atom stereocenters. The van der Waals surface area contributed by atoms with Crippen LogP contribution in [0.3, 0.4) is 0 Å². The number of carboxylic acid groups (broad SMARTS) is 1. The second-order valence-electron chi connectivity index (χ2n) is 4.41. The zero-order valence-corrected chi connectivity index (χ0v) is 10.3. The van der Waals surface area contributed by atoms with Gasteiger partial charge in [-0.3, -0.25) is 0 Å². The first-order valence-corrected chi connectivity index (χ1v) is 5.94. The summed E-state index contributed by atoms with van der Waals surface area (Å²) in [6, 6.07) is 13.8. The lowest BCUT2D eigenvalue weighted by Gasteiger charge is -2.02. The van der Waals surface area contributed by atoms with E-state index >= 15 is 0 Å². The Morgan fingerprint density at radius 1 is 1.16 bits per heavy atom. The molecule has 3 rings (SSSR count). The molecule has 0 saturated heterocycles. The standard InChI is InChI=1S/C15H12N2O2/c1-9-16-13(14(17-9)15(18)19)12-7-6-10-4-2-3-5-11(10)8-12/h2-8H,1H3,(H,16,17)(H,18,19). The number of rotatable bonds is 2. The van der Waals surface area contributed by atoms with Gasteiger partial charge in [0.25, 0.3) is 0 Å². The number of H-pyrrole nitrogens is 1. The maximum Gasteiger partial charge on any atom is 0.354 e. The van der Waals surface area contributed by atoms with E-state index in [-0.39, 0.29) is 5.69 Å². The van der Waals surface area contributed by atoms with E-state index in [0.29, 0.717) is 11.5 Å². The molecule has 0 amide bonds. The number of nitrogens with zero attached hydrogens (tertiary/aromatic N) is 1. The van der Waals surface area contributed by atoms with Crippen molar-refractivity contribution < 1.29 is 9.90 Å².